The topological polar surface area (TPSA) is 114 Å². The fourth-order valence-electron chi connectivity index (χ4n) is 1.19. The number of hydrogen-bond acceptors (Lipinski definition) is 5. The maximum atomic E-state index is 10.5. The zero-order chi connectivity index (χ0) is 12.0. The Balaban J connectivity index is 2.54. The molecule has 0 saturated heterocycles. The van der Waals surface area contributed by atoms with Gasteiger partial charge in [-0.25, -0.2) is 4.98 Å². The second kappa shape index (κ2) is 6.04. The van der Waals surface area contributed by atoms with E-state index in [-0.39, 0.29) is 6.42 Å². The SMILES string of the molecule is NCCNc1ccc(C[C@H](N)C(=O)O)cn1. The lowest BCUT2D eigenvalue weighted by Gasteiger charge is -2.07. The first-order chi connectivity index (χ1) is 7.63. The molecule has 0 radical (unpaired) electrons. The van der Waals surface area contributed by atoms with Gasteiger partial charge in [0.05, 0.1) is 0 Å². The van der Waals surface area contributed by atoms with E-state index < -0.39 is 12.0 Å². The van der Waals surface area contributed by atoms with E-state index in [1.165, 1.54) is 0 Å². The van der Waals surface area contributed by atoms with Crippen LogP contribution in [0, 0.1) is 0 Å². The Kier molecular flexibility index (Phi) is 4.68. The van der Waals surface area contributed by atoms with Crippen molar-refractivity contribution >= 4 is 11.8 Å². The maximum absolute atomic E-state index is 10.5. The molecular weight excluding hydrogens is 208 g/mol. The zero-order valence-electron chi connectivity index (χ0n) is 8.89. The standard InChI is InChI=1S/C10H16N4O2/c11-3-4-13-9-2-1-7(6-14-9)5-8(12)10(15)16/h1-2,6,8H,3-5,11-12H2,(H,13,14)(H,15,16)/t8-/m0/s1. The van der Waals surface area contributed by atoms with Gasteiger partial charge in [0, 0.05) is 19.3 Å². The van der Waals surface area contributed by atoms with E-state index in [2.05, 4.69) is 10.3 Å². The summed E-state index contributed by atoms with van der Waals surface area (Å²) in [6.45, 7) is 1.19. The molecule has 16 heavy (non-hydrogen) atoms. The molecule has 0 spiro atoms. The number of pyridine rings is 1. The molecule has 0 aliphatic rings. The van der Waals surface area contributed by atoms with Crippen molar-refractivity contribution in [3.05, 3.63) is 23.9 Å². The normalized spacial score (nSPS) is 12.1. The molecule has 0 saturated carbocycles. The van der Waals surface area contributed by atoms with Crippen LogP contribution in [0.4, 0.5) is 5.82 Å². The molecule has 6 nitrogen and oxygen atoms in total. The average molecular weight is 224 g/mol. The van der Waals surface area contributed by atoms with Crippen LogP contribution in [-0.2, 0) is 11.2 Å². The van der Waals surface area contributed by atoms with Crippen molar-refractivity contribution in [2.24, 2.45) is 11.5 Å². The smallest absolute Gasteiger partial charge is 0.320 e. The van der Waals surface area contributed by atoms with Crippen molar-refractivity contribution in [3.8, 4) is 0 Å². The van der Waals surface area contributed by atoms with E-state index in [9.17, 15) is 4.79 Å². The Labute approximate surface area is 93.7 Å². The summed E-state index contributed by atoms with van der Waals surface area (Å²) >= 11 is 0. The molecule has 1 aromatic rings. The monoisotopic (exact) mass is 224 g/mol. The Hall–Kier alpha value is -1.66. The highest BCUT2D eigenvalue weighted by Crippen LogP contribution is 2.06. The van der Waals surface area contributed by atoms with Gasteiger partial charge in [-0.3, -0.25) is 4.79 Å². The van der Waals surface area contributed by atoms with Gasteiger partial charge in [0.1, 0.15) is 11.9 Å². The molecule has 88 valence electrons. The third-order valence-electron chi connectivity index (χ3n) is 2.05. The van der Waals surface area contributed by atoms with Crippen LogP contribution < -0.4 is 16.8 Å². The number of nitrogens with one attached hydrogen (secondary N) is 1. The molecule has 1 atom stereocenters. The van der Waals surface area contributed by atoms with Gasteiger partial charge in [0.2, 0.25) is 0 Å². The molecule has 1 aromatic heterocycles. The number of aliphatic carboxylic acids is 1. The minimum atomic E-state index is -1.01. The highest BCUT2D eigenvalue weighted by atomic mass is 16.4. The van der Waals surface area contributed by atoms with Gasteiger partial charge in [-0.2, -0.15) is 0 Å². The van der Waals surface area contributed by atoms with Crippen LogP contribution in [-0.4, -0.2) is 35.2 Å². The highest BCUT2D eigenvalue weighted by molar-refractivity contribution is 5.73. The summed E-state index contributed by atoms with van der Waals surface area (Å²) in [7, 11) is 0. The number of rotatable bonds is 6. The predicted octanol–water partition coefficient (Wildman–Crippen LogP) is -0.593. The molecule has 1 heterocycles. The van der Waals surface area contributed by atoms with E-state index in [0.717, 1.165) is 11.4 Å². The van der Waals surface area contributed by atoms with E-state index in [1.807, 2.05) is 0 Å². The molecule has 0 aliphatic heterocycles. The Morgan fingerprint density at radius 2 is 2.31 bits per heavy atom. The summed E-state index contributed by atoms with van der Waals surface area (Å²) in [5.74, 6) is -0.288. The molecule has 1 rings (SSSR count). The number of carboxylic acids is 1. The predicted molar refractivity (Wildman–Crippen MR) is 61.1 cm³/mol. The van der Waals surface area contributed by atoms with Crippen molar-refractivity contribution in [2.75, 3.05) is 18.4 Å². The summed E-state index contributed by atoms with van der Waals surface area (Å²) in [5.41, 5.74) is 11.5. The largest absolute Gasteiger partial charge is 0.480 e. The Morgan fingerprint density at radius 1 is 1.56 bits per heavy atom. The number of nitrogens with zero attached hydrogens (tertiary/aromatic N) is 1. The fourth-order valence-corrected chi connectivity index (χ4v) is 1.19. The first-order valence-electron chi connectivity index (χ1n) is 5.00. The van der Waals surface area contributed by atoms with Gasteiger partial charge in [0.15, 0.2) is 0 Å². The van der Waals surface area contributed by atoms with E-state index >= 15 is 0 Å². The summed E-state index contributed by atoms with van der Waals surface area (Å²) in [6, 6.07) is 2.69. The van der Waals surface area contributed by atoms with Gasteiger partial charge in [0.25, 0.3) is 0 Å². The Morgan fingerprint density at radius 3 is 2.81 bits per heavy atom. The van der Waals surface area contributed by atoms with Crippen molar-refractivity contribution < 1.29 is 9.90 Å². The number of anilines is 1. The van der Waals surface area contributed by atoms with Gasteiger partial charge >= 0.3 is 5.97 Å². The lowest BCUT2D eigenvalue weighted by atomic mass is 10.1. The molecule has 0 aliphatic carbocycles. The molecule has 0 bridgehead atoms. The molecule has 0 amide bonds. The van der Waals surface area contributed by atoms with Crippen LogP contribution in [0.15, 0.2) is 18.3 Å². The molecule has 0 unspecified atom stereocenters. The quantitative estimate of drug-likeness (QED) is 0.513. The second-order valence-corrected chi connectivity index (χ2v) is 3.42. The van der Waals surface area contributed by atoms with Crippen LogP contribution in [0.1, 0.15) is 5.56 Å². The third kappa shape index (κ3) is 3.84. The van der Waals surface area contributed by atoms with Crippen molar-refractivity contribution in [1.82, 2.24) is 4.98 Å². The van der Waals surface area contributed by atoms with Crippen molar-refractivity contribution in [3.63, 3.8) is 0 Å². The third-order valence-corrected chi connectivity index (χ3v) is 2.05. The summed E-state index contributed by atoms with van der Waals surface area (Å²) in [6.07, 6.45) is 1.89. The van der Waals surface area contributed by atoms with Gasteiger partial charge in [-0.15, -0.1) is 0 Å². The number of carboxylic acid groups (broad SMARTS) is 1. The molecular formula is C10H16N4O2. The number of hydrogen-bond donors (Lipinski definition) is 4. The van der Waals surface area contributed by atoms with Crippen LogP contribution in [0.3, 0.4) is 0 Å². The minimum absolute atomic E-state index is 0.277. The first kappa shape index (κ1) is 12.4. The van der Waals surface area contributed by atoms with Crippen LogP contribution >= 0.6 is 0 Å². The molecule has 6 heteroatoms. The van der Waals surface area contributed by atoms with Crippen LogP contribution in [0.2, 0.25) is 0 Å². The van der Waals surface area contributed by atoms with Gasteiger partial charge < -0.3 is 21.9 Å². The summed E-state index contributed by atoms with van der Waals surface area (Å²) in [5, 5.41) is 11.7. The number of carbonyl (C=O) groups is 1. The van der Waals surface area contributed by atoms with E-state index in [0.29, 0.717) is 13.1 Å². The summed E-state index contributed by atoms with van der Waals surface area (Å²) in [4.78, 5) is 14.7. The first-order valence-corrected chi connectivity index (χ1v) is 5.00. The maximum Gasteiger partial charge on any atom is 0.320 e. The fraction of sp³-hybridized carbons (Fsp3) is 0.400. The number of nitrogens with two attached hydrogens (primary N) is 2. The van der Waals surface area contributed by atoms with E-state index in [1.54, 1.807) is 18.3 Å². The van der Waals surface area contributed by atoms with Crippen LogP contribution in [0.5, 0.6) is 0 Å². The zero-order valence-corrected chi connectivity index (χ0v) is 8.89. The lowest BCUT2D eigenvalue weighted by Crippen LogP contribution is -2.32. The minimum Gasteiger partial charge on any atom is -0.480 e. The number of aromatic nitrogens is 1. The molecule has 0 aromatic carbocycles. The molecule has 6 N–H and O–H groups in total. The van der Waals surface area contributed by atoms with Crippen molar-refractivity contribution in [2.45, 2.75) is 12.5 Å². The van der Waals surface area contributed by atoms with Crippen LogP contribution in [0.25, 0.3) is 0 Å². The second-order valence-electron chi connectivity index (χ2n) is 3.42. The Bertz CT molecular complexity index is 339. The van der Waals surface area contributed by atoms with Crippen molar-refractivity contribution in [1.29, 1.82) is 0 Å². The summed E-state index contributed by atoms with van der Waals surface area (Å²) < 4.78 is 0. The highest BCUT2D eigenvalue weighted by Gasteiger charge is 2.11. The lowest BCUT2D eigenvalue weighted by molar-refractivity contribution is -0.138. The molecule has 0 fully saturated rings. The van der Waals surface area contributed by atoms with Gasteiger partial charge in [-0.05, 0) is 18.1 Å². The van der Waals surface area contributed by atoms with E-state index in [4.69, 9.17) is 16.6 Å². The average Bonchev–Trinajstić information content (AvgIpc) is 2.28. The van der Waals surface area contributed by atoms with Gasteiger partial charge in [-0.1, -0.05) is 6.07 Å².